The summed E-state index contributed by atoms with van der Waals surface area (Å²) in [6.07, 6.45) is 1.17. The van der Waals surface area contributed by atoms with E-state index >= 15 is 0 Å². The second kappa shape index (κ2) is 14.9. The quantitative estimate of drug-likeness (QED) is 0.263. The third-order valence-corrected chi connectivity index (χ3v) is 15.3. The zero-order valence-corrected chi connectivity index (χ0v) is 30.9. The molecule has 0 N–H and O–H groups in total. The minimum Gasteiger partial charge on any atom is -0.207 e. The number of aryl methyl sites for hydroxylation is 3. The molecule has 47 heavy (non-hydrogen) atoms. The van der Waals surface area contributed by atoms with Crippen LogP contribution in [0.3, 0.4) is 0 Å². The van der Waals surface area contributed by atoms with Crippen LogP contribution in [-0.4, -0.2) is 76.4 Å². The van der Waals surface area contributed by atoms with Gasteiger partial charge in [0.05, 0.1) is 14.7 Å². The van der Waals surface area contributed by atoms with Gasteiger partial charge in [-0.15, -0.1) is 0 Å². The molecule has 1 heterocycles. The average Bonchev–Trinajstić information content (AvgIpc) is 3.13. The second-order valence-corrected chi connectivity index (χ2v) is 18.6. The first-order valence-electron chi connectivity index (χ1n) is 16.3. The van der Waals surface area contributed by atoms with E-state index in [2.05, 4.69) is 0 Å². The zero-order chi connectivity index (χ0) is 34.7. The van der Waals surface area contributed by atoms with Crippen molar-refractivity contribution in [3.63, 3.8) is 0 Å². The van der Waals surface area contributed by atoms with Crippen molar-refractivity contribution in [2.24, 2.45) is 11.8 Å². The van der Waals surface area contributed by atoms with Crippen LogP contribution in [-0.2, 0) is 30.1 Å². The normalized spacial score (nSPS) is 21.0. The molecule has 0 radical (unpaired) electrons. The molecule has 1 aliphatic rings. The molecule has 0 aliphatic carbocycles. The Hall–Kier alpha value is -2.61. The monoisotopic (exact) mass is 703 g/mol. The van der Waals surface area contributed by atoms with Crippen molar-refractivity contribution in [3.05, 3.63) is 89.5 Å². The standard InChI is InChI=1S/C35H49N3O6S3/c1-8-29(6)34-24-36(45(39,40)31-16-10-26(3)11-17-31)25-35(30(7)9-2)38(47(43,44)33-20-14-28(5)15-21-33)23-22-37(34)46(41,42)32-18-12-27(4)13-19-32/h10-21,29-30,34-35H,8-9,22-25H2,1-7H3/t29?,30?,34-,35-/m1/s1. The van der Waals surface area contributed by atoms with E-state index in [1.54, 1.807) is 72.8 Å². The molecule has 9 nitrogen and oxygen atoms in total. The van der Waals surface area contributed by atoms with Crippen molar-refractivity contribution in [2.45, 2.75) is 88.1 Å². The number of hydrogen-bond acceptors (Lipinski definition) is 6. The van der Waals surface area contributed by atoms with Gasteiger partial charge in [-0.25, -0.2) is 25.3 Å². The summed E-state index contributed by atoms with van der Waals surface area (Å²) >= 11 is 0. The van der Waals surface area contributed by atoms with E-state index < -0.39 is 42.2 Å². The van der Waals surface area contributed by atoms with Gasteiger partial charge in [0.15, 0.2) is 0 Å². The van der Waals surface area contributed by atoms with Gasteiger partial charge in [-0.2, -0.15) is 12.9 Å². The first-order chi connectivity index (χ1) is 22.0. The van der Waals surface area contributed by atoms with Crippen LogP contribution in [0.1, 0.15) is 57.2 Å². The van der Waals surface area contributed by atoms with Crippen LogP contribution in [0.15, 0.2) is 87.5 Å². The lowest BCUT2D eigenvalue weighted by atomic mass is 9.98. The zero-order valence-electron chi connectivity index (χ0n) is 28.5. The van der Waals surface area contributed by atoms with Crippen molar-refractivity contribution in [1.82, 2.24) is 12.9 Å². The summed E-state index contributed by atoms with van der Waals surface area (Å²) in [6.45, 7) is 12.8. The number of benzene rings is 3. The van der Waals surface area contributed by atoms with Crippen molar-refractivity contribution in [3.8, 4) is 0 Å². The average molecular weight is 704 g/mol. The molecule has 0 aromatic heterocycles. The van der Waals surface area contributed by atoms with Crippen LogP contribution in [0.4, 0.5) is 0 Å². The summed E-state index contributed by atoms with van der Waals surface area (Å²) in [7, 11) is -12.5. The fraction of sp³-hybridized carbons (Fsp3) is 0.486. The van der Waals surface area contributed by atoms with Gasteiger partial charge < -0.3 is 0 Å². The van der Waals surface area contributed by atoms with Crippen LogP contribution in [0.5, 0.6) is 0 Å². The number of nitrogens with zero attached hydrogens (tertiary/aromatic N) is 3. The third-order valence-electron chi connectivity index (χ3n) is 9.58. The molecular formula is C35H49N3O6S3. The lowest BCUT2D eigenvalue weighted by Crippen LogP contribution is -2.52. The molecule has 3 aromatic rings. The van der Waals surface area contributed by atoms with Gasteiger partial charge in [0.1, 0.15) is 0 Å². The molecule has 258 valence electrons. The van der Waals surface area contributed by atoms with Crippen molar-refractivity contribution in [1.29, 1.82) is 0 Å². The summed E-state index contributed by atoms with van der Waals surface area (Å²) in [6, 6.07) is 18.1. The van der Waals surface area contributed by atoms with Gasteiger partial charge in [0.2, 0.25) is 30.1 Å². The predicted octanol–water partition coefficient (Wildman–Crippen LogP) is 5.83. The highest BCUT2D eigenvalue weighted by molar-refractivity contribution is 7.90. The summed E-state index contributed by atoms with van der Waals surface area (Å²) in [5.41, 5.74) is 2.69. The molecule has 4 atom stereocenters. The Morgan fingerprint density at radius 2 is 0.809 bits per heavy atom. The lowest BCUT2D eigenvalue weighted by molar-refractivity contribution is 0.204. The Morgan fingerprint density at radius 3 is 1.09 bits per heavy atom. The van der Waals surface area contributed by atoms with Crippen LogP contribution >= 0.6 is 0 Å². The number of hydrogen-bond donors (Lipinski definition) is 0. The second-order valence-electron chi connectivity index (χ2n) is 12.9. The molecule has 2 unspecified atom stereocenters. The maximum absolute atomic E-state index is 14.5. The molecular weight excluding hydrogens is 655 g/mol. The van der Waals surface area contributed by atoms with Crippen LogP contribution in [0.2, 0.25) is 0 Å². The summed E-state index contributed by atoms with van der Waals surface area (Å²) in [5, 5.41) is 0. The van der Waals surface area contributed by atoms with E-state index in [1.807, 2.05) is 48.5 Å². The van der Waals surface area contributed by atoms with E-state index in [0.29, 0.717) is 12.8 Å². The van der Waals surface area contributed by atoms with Gasteiger partial charge >= 0.3 is 0 Å². The van der Waals surface area contributed by atoms with Crippen LogP contribution in [0, 0.1) is 32.6 Å². The Kier molecular flexibility index (Phi) is 11.8. The van der Waals surface area contributed by atoms with Crippen LogP contribution in [0.25, 0.3) is 0 Å². The molecule has 0 amide bonds. The highest BCUT2D eigenvalue weighted by atomic mass is 32.2. The minimum atomic E-state index is -4.17. The first kappa shape index (κ1) is 37.2. The van der Waals surface area contributed by atoms with Gasteiger partial charge in [-0.05, 0) is 69.0 Å². The molecule has 4 rings (SSSR count). The maximum Gasteiger partial charge on any atom is 0.243 e. The Balaban J connectivity index is 1.98. The first-order valence-corrected chi connectivity index (χ1v) is 20.6. The SMILES string of the molecule is CCC(C)[C@H]1CN(S(=O)(=O)c2ccc(C)cc2)C[C@H](C(C)CC)N(S(=O)(=O)c2ccc(C)cc2)CCN1S(=O)(=O)c1ccc(C)cc1. The van der Waals surface area contributed by atoms with E-state index in [0.717, 1.165) is 16.7 Å². The topological polar surface area (TPSA) is 112 Å². The molecule has 0 saturated carbocycles. The van der Waals surface area contributed by atoms with Gasteiger partial charge in [-0.1, -0.05) is 93.6 Å². The maximum atomic E-state index is 14.5. The van der Waals surface area contributed by atoms with Crippen molar-refractivity contribution >= 4 is 30.1 Å². The molecule has 0 spiro atoms. The predicted molar refractivity (Wildman–Crippen MR) is 187 cm³/mol. The van der Waals surface area contributed by atoms with E-state index in [4.69, 9.17) is 0 Å². The Labute approximate surface area is 282 Å². The van der Waals surface area contributed by atoms with Gasteiger partial charge in [0.25, 0.3) is 0 Å². The highest BCUT2D eigenvalue weighted by Gasteiger charge is 2.44. The lowest BCUT2D eigenvalue weighted by Gasteiger charge is -2.37. The summed E-state index contributed by atoms with van der Waals surface area (Å²) < 4.78 is 91.0. The highest BCUT2D eigenvalue weighted by Crippen LogP contribution is 2.32. The molecule has 12 heteroatoms. The van der Waals surface area contributed by atoms with Crippen LogP contribution < -0.4 is 0 Å². The Bertz CT molecular complexity index is 1730. The fourth-order valence-electron chi connectivity index (χ4n) is 6.02. The fourth-order valence-corrected chi connectivity index (χ4v) is 10.9. The summed E-state index contributed by atoms with van der Waals surface area (Å²) in [5.74, 6) is -0.485. The van der Waals surface area contributed by atoms with Crippen molar-refractivity contribution < 1.29 is 25.3 Å². The number of rotatable bonds is 10. The minimum absolute atomic E-state index is 0.0778. The molecule has 1 saturated heterocycles. The van der Waals surface area contributed by atoms with Gasteiger partial charge in [0, 0.05) is 38.3 Å². The van der Waals surface area contributed by atoms with Crippen molar-refractivity contribution in [2.75, 3.05) is 26.2 Å². The molecule has 0 bridgehead atoms. The third kappa shape index (κ3) is 8.00. The van der Waals surface area contributed by atoms with E-state index in [1.165, 1.54) is 12.9 Å². The number of sulfonamides is 3. The van der Waals surface area contributed by atoms with Gasteiger partial charge in [-0.3, -0.25) is 0 Å². The molecule has 3 aromatic carbocycles. The largest absolute Gasteiger partial charge is 0.243 e. The smallest absolute Gasteiger partial charge is 0.207 e. The van der Waals surface area contributed by atoms with E-state index in [9.17, 15) is 25.3 Å². The van der Waals surface area contributed by atoms with E-state index in [-0.39, 0.29) is 52.7 Å². The molecule has 1 aliphatic heterocycles. The Morgan fingerprint density at radius 1 is 0.532 bits per heavy atom. The summed E-state index contributed by atoms with van der Waals surface area (Å²) in [4.78, 5) is 0.235. The molecule has 1 fully saturated rings.